The molecule has 3 heteroatoms. The highest BCUT2D eigenvalue weighted by molar-refractivity contribution is 5.63. The lowest BCUT2D eigenvalue weighted by molar-refractivity contribution is -0.104. The summed E-state index contributed by atoms with van der Waals surface area (Å²) >= 11 is 0. The van der Waals surface area contributed by atoms with Crippen molar-refractivity contribution in [3.05, 3.63) is 42.2 Å². The molecule has 2 nitrogen and oxygen atoms in total. The highest BCUT2D eigenvalue weighted by atomic mass is 19.1. The van der Waals surface area contributed by atoms with Crippen LogP contribution in [-0.4, -0.2) is 6.29 Å². The Balaban J connectivity index is 0.000000593. The van der Waals surface area contributed by atoms with Crippen LogP contribution < -0.4 is 5.73 Å². The van der Waals surface area contributed by atoms with Crippen molar-refractivity contribution in [3.63, 3.8) is 0 Å². The van der Waals surface area contributed by atoms with Gasteiger partial charge in [-0.05, 0) is 61.3 Å². The number of nitrogens with two attached hydrogens (primary N) is 1. The zero-order valence-electron chi connectivity index (χ0n) is 14.3. The van der Waals surface area contributed by atoms with E-state index in [0.717, 1.165) is 24.3 Å². The number of hydrogen-bond donors (Lipinski definition) is 1. The number of hydrogen-bond acceptors (Lipinski definition) is 2. The van der Waals surface area contributed by atoms with E-state index in [9.17, 15) is 4.39 Å². The van der Waals surface area contributed by atoms with Crippen molar-refractivity contribution < 1.29 is 9.18 Å². The van der Waals surface area contributed by atoms with E-state index >= 15 is 0 Å². The van der Waals surface area contributed by atoms with Crippen molar-refractivity contribution in [1.29, 1.82) is 0 Å². The van der Waals surface area contributed by atoms with Gasteiger partial charge in [0.2, 0.25) is 0 Å². The first-order valence-electron chi connectivity index (χ1n) is 8.73. The molecule has 0 spiro atoms. The summed E-state index contributed by atoms with van der Waals surface area (Å²) in [5.41, 5.74) is 7.01. The number of aldehydes is 1. The smallest absolute Gasteiger partial charge is 0.142 e. The van der Waals surface area contributed by atoms with Crippen LogP contribution in [0.15, 0.2) is 30.9 Å². The van der Waals surface area contributed by atoms with Gasteiger partial charge in [-0.15, -0.1) is 0 Å². The van der Waals surface area contributed by atoms with Gasteiger partial charge in [0, 0.05) is 5.69 Å². The van der Waals surface area contributed by atoms with Gasteiger partial charge in [-0.25, -0.2) is 4.39 Å². The fourth-order valence-electron chi connectivity index (χ4n) is 3.32. The minimum absolute atomic E-state index is 0.116. The summed E-state index contributed by atoms with van der Waals surface area (Å²) in [5.74, 6) is 1.16. The maximum atomic E-state index is 13.9. The zero-order valence-corrected chi connectivity index (χ0v) is 14.3. The molecule has 1 aliphatic rings. The molecule has 0 saturated heterocycles. The standard InChI is InChI=1S/C17H26FN.C3H4O/c1-2-3-4-5-13-6-8-14(9-7-13)16-11-10-15(19)12-17(16)18;1-2-3-4/h10-14H,2-9,19H2,1H3;2-3H,1H2. The monoisotopic (exact) mass is 319 g/mol. The Hall–Kier alpha value is -1.64. The predicted octanol–water partition coefficient (Wildman–Crippen LogP) is 5.63. The van der Waals surface area contributed by atoms with E-state index in [1.54, 1.807) is 0 Å². The molecule has 1 aromatic carbocycles. The minimum atomic E-state index is -0.116. The van der Waals surface area contributed by atoms with E-state index in [1.807, 2.05) is 12.1 Å². The molecule has 0 aliphatic heterocycles. The SMILES string of the molecule is C=CC=O.CCCCCC1CCC(c2ccc(N)cc2F)CC1. The van der Waals surface area contributed by atoms with E-state index < -0.39 is 0 Å². The van der Waals surface area contributed by atoms with E-state index in [1.165, 1.54) is 50.7 Å². The molecule has 0 radical (unpaired) electrons. The average Bonchev–Trinajstić information content (AvgIpc) is 2.56. The Bertz CT molecular complexity index is 473. The first kappa shape index (κ1) is 19.4. The molecule has 0 amide bonds. The van der Waals surface area contributed by atoms with Gasteiger partial charge in [0.1, 0.15) is 12.1 Å². The Morgan fingerprint density at radius 1 is 1.26 bits per heavy atom. The van der Waals surface area contributed by atoms with Gasteiger partial charge < -0.3 is 5.73 Å². The number of allylic oxidation sites excluding steroid dienone is 1. The Labute approximate surface area is 140 Å². The summed E-state index contributed by atoms with van der Waals surface area (Å²) in [4.78, 5) is 9.06. The van der Waals surface area contributed by atoms with E-state index in [4.69, 9.17) is 10.5 Å². The van der Waals surface area contributed by atoms with E-state index in [2.05, 4.69) is 13.5 Å². The van der Waals surface area contributed by atoms with Gasteiger partial charge in [0.25, 0.3) is 0 Å². The highest BCUT2D eigenvalue weighted by Crippen LogP contribution is 2.38. The van der Waals surface area contributed by atoms with Crippen molar-refractivity contribution in [2.75, 3.05) is 5.73 Å². The van der Waals surface area contributed by atoms with Crippen molar-refractivity contribution in [1.82, 2.24) is 0 Å². The van der Waals surface area contributed by atoms with Crippen LogP contribution in [0.25, 0.3) is 0 Å². The molecule has 0 unspecified atom stereocenters. The van der Waals surface area contributed by atoms with Crippen LogP contribution in [0, 0.1) is 11.7 Å². The maximum Gasteiger partial charge on any atom is 0.142 e. The molecule has 0 atom stereocenters. The second-order valence-electron chi connectivity index (χ2n) is 6.37. The zero-order chi connectivity index (χ0) is 17.1. The van der Waals surface area contributed by atoms with Gasteiger partial charge in [0.15, 0.2) is 0 Å². The number of nitrogen functional groups attached to an aromatic ring is 1. The minimum Gasteiger partial charge on any atom is -0.399 e. The number of halogens is 1. The van der Waals surface area contributed by atoms with Crippen LogP contribution in [0.3, 0.4) is 0 Å². The molecule has 0 bridgehead atoms. The van der Waals surface area contributed by atoms with Crippen LogP contribution in [-0.2, 0) is 4.79 Å². The van der Waals surface area contributed by atoms with Gasteiger partial charge in [-0.3, -0.25) is 4.79 Å². The third-order valence-corrected chi connectivity index (χ3v) is 4.62. The third kappa shape index (κ3) is 6.98. The van der Waals surface area contributed by atoms with Gasteiger partial charge in [-0.2, -0.15) is 0 Å². The number of unbranched alkanes of at least 4 members (excludes halogenated alkanes) is 2. The summed E-state index contributed by atoms with van der Waals surface area (Å²) in [6.45, 7) is 5.36. The lowest BCUT2D eigenvalue weighted by Gasteiger charge is -2.29. The molecular weight excluding hydrogens is 289 g/mol. The molecule has 128 valence electrons. The van der Waals surface area contributed by atoms with Crippen molar-refractivity contribution in [3.8, 4) is 0 Å². The molecular formula is C20H30FNO. The van der Waals surface area contributed by atoms with Gasteiger partial charge >= 0.3 is 0 Å². The predicted molar refractivity (Wildman–Crippen MR) is 95.9 cm³/mol. The first-order chi connectivity index (χ1) is 11.1. The number of carbonyl (C=O) groups is 1. The quantitative estimate of drug-likeness (QED) is 0.319. The first-order valence-corrected chi connectivity index (χ1v) is 8.73. The number of benzene rings is 1. The average molecular weight is 319 g/mol. The number of anilines is 1. The van der Waals surface area contributed by atoms with E-state index in [0.29, 0.717) is 17.9 Å². The largest absolute Gasteiger partial charge is 0.399 e. The maximum absolute atomic E-state index is 13.9. The van der Waals surface area contributed by atoms with Crippen LogP contribution in [0.2, 0.25) is 0 Å². The Kier molecular flexibility index (Phi) is 9.27. The molecule has 1 saturated carbocycles. The summed E-state index contributed by atoms with van der Waals surface area (Å²) in [5, 5.41) is 0. The lowest BCUT2D eigenvalue weighted by atomic mass is 9.77. The Morgan fingerprint density at radius 3 is 2.43 bits per heavy atom. The van der Waals surface area contributed by atoms with Crippen molar-refractivity contribution in [2.45, 2.75) is 64.2 Å². The normalized spacial score (nSPS) is 20.3. The molecule has 0 aromatic heterocycles. The number of rotatable bonds is 6. The molecule has 23 heavy (non-hydrogen) atoms. The van der Waals surface area contributed by atoms with Gasteiger partial charge in [-0.1, -0.05) is 45.3 Å². The van der Waals surface area contributed by atoms with Crippen LogP contribution in [0.1, 0.15) is 69.8 Å². The second-order valence-corrected chi connectivity index (χ2v) is 6.37. The topological polar surface area (TPSA) is 43.1 Å². The van der Waals surface area contributed by atoms with Crippen LogP contribution in [0.5, 0.6) is 0 Å². The molecule has 1 aliphatic carbocycles. The lowest BCUT2D eigenvalue weighted by Crippen LogP contribution is -2.14. The summed E-state index contributed by atoms with van der Waals surface area (Å²) < 4.78 is 13.9. The third-order valence-electron chi connectivity index (χ3n) is 4.62. The van der Waals surface area contributed by atoms with Crippen LogP contribution in [0.4, 0.5) is 10.1 Å². The molecule has 1 aromatic rings. The van der Waals surface area contributed by atoms with Crippen molar-refractivity contribution in [2.24, 2.45) is 5.92 Å². The molecule has 2 rings (SSSR count). The molecule has 2 N–H and O–H groups in total. The summed E-state index contributed by atoms with van der Waals surface area (Å²) in [6, 6.07) is 5.17. The summed E-state index contributed by atoms with van der Waals surface area (Å²) in [7, 11) is 0. The van der Waals surface area contributed by atoms with E-state index in [-0.39, 0.29) is 5.82 Å². The fourth-order valence-corrected chi connectivity index (χ4v) is 3.32. The molecule has 0 heterocycles. The van der Waals surface area contributed by atoms with Gasteiger partial charge in [0.05, 0.1) is 0 Å². The summed E-state index contributed by atoms with van der Waals surface area (Å²) in [6.07, 6.45) is 12.0. The fraction of sp³-hybridized carbons (Fsp3) is 0.550. The molecule has 1 fully saturated rings. The van der Waals surface area contributed by atoms with Crippen molar-refractivity contribution >= 4 is 12.0 Å². The second kappa shape index (κ2) is 11.0. The Morgan fingerprint density at radius 2 is 1.91 bits per heavy atom. The number of carbonyl (C=O) groups excluding carboxylic acids is 1. The highest BCUT2D eigenvalue weighted by Gasteiger charge is 2.23. The van der Waals surface area contributed by atoms with Crippen LogP contribution >= 0.6 is 0 Å².